The summed E-state index contributed by atoms with van der Waals surface area (Å²) in [5.41, 5.74) is 6.10. The first kappa shape index (κ1) is 22.1. The fraction of sp³-hybridized carbons (Fsp3) is 0.636. The molecule has 0 radical (unpaired) electrons. The van der Waals surface area contributed by atoms with Gasteiger partial charge in [0.25, 0.3) is 12.3 Å². The van der Waals surface area contributed by atoms with Crippen molar-refractivity contribution < 1.29 is 23.1 Å². The predicted octanol–water partition coefficient (Wildman–Crippen LogP) is 2.38. The van der Waals surface area contributed by atoms with Crippen LogP contribution in [0.4, 0.5) is 20.2 Å². The zero-order chi connectivity index (χ0) is 22.0. The second-order valence-electron chi connectivity index (χ2n) is 8.75. The summed E-state index contributed by atoms with van der Waals surface area (Å²) in [5.74, 6) is 0.607. The zero-order valence-corrected chi connectivity index (χ0v) is 17.6. The molecule has 1 saturated heterocycles. The molecule has 3 fully saturated rings. The molecule has 170 valence electrons. The molecule has 2 aliphatic carbocycles. The third-order valence-corrected chi connectivity index (χ3v) is 6.15. The van der Waals surface area contributed by atoms with E-state index in [1.807, 2.05) is 0 Å². The molecule has 0 bridgehead atoms. The molecule has 1 aromatic rings. The summed E-state index contributed by atoms with van der Waals surface area (Å²) < 4.78 is 32.6. The summed E-state index contributed by atoms with van der Waals surface area (Å²) in [5, 5.41) is 2.78. The highest BCUT2D eigenvalue weighted by molar-refractivity contribution is 5.97. The number of hydrogen-bond donors (Lipinski definition) is 2. The van der Waals surface area contributed by atoms with Crippen LogP contribution in [0.2, 0.25) is 0 Å². The minimum Gasteiger partial charge on any atom is -0.370 e. The van der Waals surface area contributed by atoms with Crippen LogP contribution < -0.4 is 16.0 Å². The number of alkyl halides is 2. The number of hydrogen-bond acceptors (Lipinski definition) is 5. The summed E-state index contributed by atoms with van der Waals surface area (Å²) in [6, 6.07) is 3.78. The van der Waals surface area contributed by atoms with Crippen LogP contribution in [0.15, 0.2) is 18.2 Å². The highest BCUT2D eigenvalue weighted by Crippen LogP contribution is 2.35. The lowest BCUT2D eigenvalue weighted by atomic mass is 10.1. The van der Waals surface area contributed by atoms with Crippen molar-refractivity contribution in [2.75, 3.05) is 49.6 Å². The van der Waals surface area contributed by atoms with Gasteiger partial charge in [0.05, 0.1) is 12.3 Å². The third-order valence-electron chi connectivity index (χ3n) is 6.15. The van der Waals surface area contributed by atoms with Crippen molar-refractivity contribution in [1.29, 1.82) is 0 Å². The van der Waals surface area contributed by atoms with Gasteiger partial charge in [0.1, 0.15) is 12.6 Å². The molecule has 7 nitrogen and oxygen atoms in total. The van der Waals surface area contributed by atoms with Gasteiger partial charge in [0.2, 0.25) is 5.91 Å². The molecule has 9 heteroatoms. The Labute approximate surface area is 180 Å². The number of nitrogens with zero attached hydrogens (tertiary/aromatic N) is 2. The molecule has 1 heterocycles. The van der Waals surface area contributed by atoms with E-state index in [2.05, 4.69) is 10.2 Å². The molecule has 0 aromatic heterocycles. The number of morpholine rings is 1. The van der Waals surface area contributed by atoms with Crippen LogP contribution in [0.25, 0.3) is 0 Å². The SMILES string of the molecule is NC[C@@H](C(=O)Nc1ccc(N2CCOCC2=O)c(C(F)F)c1)N(CC1CC1)CC1CC1. The number of halogens is 2. The van der Waals surface area contributed by atoms with Crippen molar-refractivity contribution in [1.82, 2.24) is 4.90 Å². The topological polar surface area (TPSA) is 87.9 Å². The van der Waals surface area contributed by atoms with E-state index in [4.69, 9.17) is 10.5 Å². The van der Waals surface area contributed by atoms with Gasteiger partial charge in [-0.3, -0.25) is 14.5 Å². The van der Waals surface area contributed by atoms with Crippen LogP contribution >= 0.6 is 0 Å². The van der Waals surface area contributed by atoms with E-state index in [-0.39, 0.29) is 48.4 Å². The van der Waals surface area contributed by atoms with Crippen LogP contribution in [-0.2, 0) is 14.3 Å². The number of rotatable bonds is 10. The molecule has 1 aromatic carbocycles. The summed E-state index contributed by atoms with van der Waals surface area (Å²) in [6.45, 7) is 2.27. The lowest BCUT2D eigenvalue weighted by Crippen LogP contribution is -2.50. The van der Waals surface area contributed by atoms with Gasteiger partial charge in [-0.1, -0.05) is 0 Å². The van der Waals surface area contributed by atoms with Gasteiger partial charge < -0.3 is 20.7 Å². The van der Waals surface area contributed by atoms with E-state index in [1.54, 1.807) is 6.07 Å². The fourth-order valence-corrected chi connectivity index (χ4v) is 4.07. The Kier molecular flexibility index (Phi) is 6.83. The highest BCUT2D eigenvalue weighted by atomic mass is 19.3. The minimum atomic E-state index is -2.78. The molecule has 2 amide bonds. The smallest absolute Gasteiger partial charge is 0.265 e. The van der Waals surface area contributed by atoms with Crippen molar-refractivity contribution in [2.24, 2.45) is 17.6 Å². The number of nitrogens with one attached hydrogen (secondary N) is 1. The normalized spacial score (nSPS) is 20.4. The molecule has 31 heavy (non-hydrogen) atoms. The molecular formula is C22H30F2N4O3. The fourth-order valence-electron chi connectivity index (χ4n) is 4.07. The van der Waals surface area contributed by atoms with Crippen LogP contribution in [0.1, 0.15) is 37.7 Å². The first-order chi connectivity index (χ1) is 15.0. The molecule has 1 aliphatic heterocycles. The van der Waals surface area contributed by atoms with Crippen molar-refractivity contribution in [2.45, 2.75) is 38.2 Å². The van der Waals surface area contributed by atoms with Gasteiger partial charge in [0, 0.05) is 37.4 Å². The van der Waals surface area contributed by atoms with Gasteiger partial charge in [0.15, 0.2) is 0 Å². The van der Waals surface area contributed by atoms with Crippen LogP contribution in [0.5, 0.6) is 0 Å². The number of carbonyl (C=O) groups excluding carboxylic acids is 2. The van der Waals surface area contributed by atoms with Crippen LogP contribution in [0.3, 0.4) is 0 Å². The largest absolute Gasteiger partial charge is 0.370 e. The monoisotopic (exact) mass is 436 g/mol. The molecule has 0 spiro atoms. The van der Waals surface area contributed by atoms with E-state index in [9.17, 15) is 18.4 Å². The number of anilines is 2. The number of amides is 2. The Morgan fingerprint density at radius 2 is 1.90 bits per heavy atom. The molecule has 0 unspecified atom stereocenters. The Hall–Kier alpha value is -2.10. The number of carbonyl (C=O) groups is 2. The number of benzene rings is 1. The van der Waals surface area contributed by atoms with Crippen molar-refractivity contribution in [3.63, 3.8) is 0 Å². The molecule has 2 saturated carbocycles. The molecular weight excluding hydrogens is 406 g/mol. The second-order valence-corrected chi connectivity index (χ2v) is 8.75. The molecule has 3 aliphatic rings. The lowest BCUT2D eigenvalue weighted by molar-refractivity contribution is -0.125. The van der Waals surface area contributed by atoms with Gasteiger partial charge in [-0.05, 0) is 55.7 Å². The maximum Gasteiger partial charge on any atom is 0.265 e. The van der Waals surface area contributed by atoms with E-state index >= 15 is 0 Å². The summed E-state index contributed by atoms with van der Waals surface area (Å²) in [6.07, 6.45) is 1.94. The van der Waals surface area contributed by atoms with E-state index < -0.39 is 12.5 Å². The van der Waals surface area contributed by atoms with Crippen molar-refractivity contribution in [3.05, 3.63) is 23.8 Å². The summed E-state index contributed by atoms with van der Waals surface area (Å²) in [4.78, 5) is 28.6. The van der Waals surface area contributed by atoms with Crippen molar-refractivity contribution >= 4 is 23.2 Å². The van der Waals surface area contributed by atoms with Crippen LogP contribution in [-0.4, -0.2) is 62.1 Å². The lowest BCUT2D eigenvalue weighted by Gasteiger charge is -2.31. The van der Waals surface area contributed by atoms with Gasteiger partial charge in [-0.25, -0.2) is 8.78 Å². The number of ether oxygens (including phenoxy) is 1. The minimum absolute atomic E-state index is 0.128. The van der Waals surface area contributed by atoms with E-state index in [0.29, 0.717) is 18.4 Å². The van der Waals surface area contributed by atoms with Gasteiger partial charge in [-0.15, -0.1) is 0 Å². The number of nitrogens with two attached hydrogens (primary N) is 1. The quantitative estimate of drug-likeness (QED) is 0.588. The maximum absolute atomic E-state index is 13.8. The van der Waals surface area contributed by atoms with Crippen molar-refractivity contribution in [3.8, 4) is 0 Å². The molecule has 3 N–H and O–H groups in total. The van der Waals surface area contributed by atoms with Gasteiger partial charge in [-0.2, -0.15) is 0 Å². The highest BCUT2D eigenvalue weighted by Gasteiger charge is 2.35. The standard InChI is InChI=1S/C22H30F2N4O3/c23-21(24)17-9-16(5-6-18(17)28-7-8-31-13-20(28)29)26-22(30)19(10-25)27(11-14-1-2-14)12-15-3-4-15/h5-6,9,14-15,19,21H,1-4,7-8,10-13,25H2,(H,26,30)/t19-/m0/s1. The van der Waals surface area contributed by atoms with Crippen LogP contribution in [0, 0.1) is 11.8 Å². The maximum atomic E-state index is 13.8. The average Bonchev–Trinajstić information content (AvgIpc) is 3.66. The first-order valence-electron chi connectivity index (χ1n) is 11.0. The third kappa shape index (κ3) is 5.58. The second kappa shape index (κ2) is 9.58. The Morgan fingerprint density at radius 1 is 1.23 bits per heavy atom. The average molecular weight is 437 g/mol. The summed E-state index contributed by atoms with van der Waals surface area (Å²) in [7, 11) is 0. The molecule has 4 rings (SSSR count). The molecule has 1 atom stereocenters. The Balaban J connectivity index is 1.49. The van der Waals surface area contributed by atoms with E-state index in [1.165, 1.54) is 42.7 Å². The first-order valence-corrected chi connectivity index (χ1v) is 11.0. The Bertz CT molecular complexity index is 800. The predicted molar refractivity (Wildman–Crippen MR) is 113 cm³/mol. The Morgan fingerprint density at radius 3 is 2.45 bits per heavy atom. The van der Waals surface area contributed by atoms with E-state index in [0.717, 1.165) is 13.1 Å². The summed E-state index contributed by atoms with van der Waals surface area (Å²) >= 11 is 0. The van der Waals surface area contributed by atoms with Gasteiger partial charge >= 0.3 is 0 Å². The zero-order valence-electron chi connectivity index (χ0n) is 17.6.